The van der Waals surface area contributed by atoms with Gasteiger partial charge < -0.3 is 10.2 Å². The van der Waals surface area contributed by atoms with Crippen LogP contribution in [0.25, 0.3) is 11.3 Å². The molecule has 0 saturated heterocycles. The molecule has 0 atom stereocenters. The minimum Gasteiger partial charge on any atom is -0.365 e. The van der Waals surface area contributed by atoms with Crippen LogP contribution in [0.15, 0.2) is 18.2 Å². The number of amides is 1. The standard InChI is InChI=1S/C17H21N3OS/c1-10(2)16(21)20-8-7-12-9-13(5-6-14(12)20)15-11(3)22-17(18-4)19-15/h5-6,9-10H,7-8H2,1-4H3,(H,18,19). The normalized spacial score (nSPS) is 13.6. The van der Waals surface area contributed by atoms with E-state index in [0.717, 1.165) is 35.0 Å². The van der Waals surface area contributed by atoms with Crippen molar-refractivity contribution >= 4 is 28.1 Å². The SMILES string of the molecule is CNc1nc(-c2ccc3c(c2)CCN3C(=O)C(C)C)c(C)s1. The molecule has 0 unspecified atom stereocenters. The van der Waals surface area contributed by atoms with Crippen molar-refractivity contribution in [3.63, 3.8) is 0 Å². The average Bonchev–Trinajstić information content (AvgIpc) is 3.08. The van der Waals surface area contributed by atoms with Crippen LogP contribution in [-0.2, 0) is 11.2 Å². The number of aromatic nitrogens is 1. The second-order valence-corrected chi connectivity index (χ2v) is 7.12. The third-order valence-electron chi connectivity index (χ3n) is 4.02. The molecule has 5 heteroatoms. The summed E-state index contributed by atoms with van der Waals surface area (Å²) in [6.45, 7) is 6.78. The van der Waals surface area contributed by atoms with E-state index in [2.05, 4.69) is 35.4 Å². The highest BCUT2D eigenvalue weighted by molar-refractivity contribution is 7.15. The number of hydrogen-bond donors (Lipinski definition) is 1. The summed E-state index contributed by atoms with van der Waals surface area (Å²) in [6, 6.07) is 6.33. The van der Waals surface area contributed by atoms with Crippen molar-refractivity contribution in [3.8, 4) is 11.3 Å². The summed E-state index contributed by atoms with van der Waals surface area (Å²) in [5, 5.41) is 4.03. The highest BCUT2D eigenvalue weighted by Gasteiger charge is 2.26. The molecule has 1 aliphatic rings. The Kier molecular flexibility index (Phi) is 3.91. The Hall–Kier alpha value is -1.88. The lowest BCUT2D eigenvalue weighted by atomic mass is 10.1. The van der Waals surface area contributed by atoms with Gasteiger partial charge >= 0.3 is 0 Å². The smallest absolute Gasteiger partial charge is 0.229 e. The van der Waals surface area contributed by atoms with Gasteiger partial charge in [-0.3, -0.25) is 4.79 Å². The van der Waals surface area contributed by atoms with Crippen molar-refractivity contribution in [2.75, 3.05) is 23.8 Å². The van der Waals surface area contributed by atoms with E-state index in [0.29, 0.717) is 0 Å². The monoisotopic (exact) mass is 315 g/mol. The zero-order chi connectivity index (χ0) is 15.9. The lowest BCUT2D eigenvalue weighted by Crippen LogP contribution is -2.32. The highest BCUT2D eigenvalue weighted by atomic mass is 32.1. The molecule has 116 valence electrons. The summed E-state index contributed by atoms with van der Waals surface area (Å²) in [5.41, 5.74) is 4.47. The Morgan fingerprint density at radius 1 is 1.41 bits per heavy atom. The molecule has 2 heterocycles. The number of benzene rings is 1. The molecule has 3 rings (SSSR count). The van der Waals surface area contributed by atoms with Gasteiger partial charge in [0, 0.05) is 35.6 Å². The molecule has 0 aliphatic carbocycles. The molecule has 1 aliphatic heterocycles. The minimum absolute atomic E-state index is 0.0320. The second kappa shape index (κ2) is 5.72. The zero-order valence-corrected chi connectivity index (χ0v) is 14.3. The summed E-state index contributed by atoms with van der Waals surface area (Å²) in [7, 11) is 1.89. The van der Waals surface area contributed by atoms with Gasteiger partial charge in [0.2, 0.25) is 5.91 Å². The van der Waals surface area contributed by atoms with Crippen molar-refractivity contribution < 1.29 is 4.79 Å². The van der Waals surface area contributed by atoms with Crippen LogP contribution >= 0.6 is 11.3 Å². The highest BCUT2D eigenvalue weighted by Crippen LogP contribution is 2.36. The Bertz CT molecular complexity index is 721. The van der Waals surface area contributed by atoms with Crippen molar-refractivity contribution in [1.29, 1.82) is 0 Å². The Labute approximate surface area is 135 Å². The van der Waals surface area contributed by atoms with Crippen molar-refractivity contribution in [1.82, 2.24) is 4.98 Å². The third kappa shape index (κ3) is 2.50. The summed E-state index contributed by atoms with van der Waals surface area (Å²) < 4.78 is 0. The van der Waals surface area contributed by atoms with Gasteiger partial charge in [-0.1, -0.05) is 19.9 Å². The van der Waals surface area contributed by atoms with Crippen molar-refractivity contribution in [2.24, 2.45) is 5.92 Å². The quantitative estimate of drug-likeness (QED) is 0.939. The van der Waals surface area contributed by atoms with Crippen LogP contribution in [-0.4, -0.2) is 24.5 Å². The molecule has 1 aromatic heterocycles. The van der Waals surface area contributed by atoms with Gasteiger partial charge in [0.25, 0.3) is 0 Å². The topological polar surface area (TPSA) is 45.2 Å². The number of aryl methyl sites for hydroxylation is 1. The molecule has 1 aromatic carbocycles. The maximum Gasteiger partial charge on any atom is 0.229 e. The van der Waals surface area contributed by atoms with E-state index in [1.54, 1.807) is 11.3 Å². The van der Waals surface area contributed by atoms with E-state index in [1.807, 2.05) is 25.8 Å². The van der Waals surface area contributed by atoms with E-state index >= 15 is 0 Å². The summed E-state index contributed by atoms with van der Waals surface area (Å²) in [6.07, 6.45) is 0.920. The van der Waals surface area contributed by atoms with Crippen molar-refractivity contribution in [2.45, 2.75) is 27.2 Å². The van der Waals surface area contributed by atoms with Gasteiger partial charge in [0.15, 0.2) is 5.13 Å². The van der Waals surface area contributed by atoms with Gasteiger partial charge in [-0.2, -0.15) is 0 Å². The lowest BCUT2D eigenvalue weighted by Gasteiger charge is -2.19. The number of rotatable bonds is 3. The number of hydrogen-bond acceptors (Lipinski definition) is 4. The number of nitrogens with one attached hydrogen (secondary N) is 1. The first kappa shape index (κ1) is 15.0. The summed E-state index contributed by atoms with van der Waals surface area (Å²) in [4.78, 5) is 20.0. The third-order valence-corrected chi connectivity index (χ3v) is 5.01. The first-order valence-electron chi connectivity index (χ1n) is 7.61. The summed E-state index contributed by atoms with van der Waals surface area (Å²) in [5.74, 6) is 0.235. The molecule has 2 aromatic rings. The van der Waals surface area contributed by atoms with Crippen LogP contribution in [0, 0.1) is 12.8 Å². The van der Waals surface area contributed by atoms with Crippen LogP contribution in [0.4, 0.5) is 10.8 Å². The van der Waals surface area contributed by atoms with E-state index < -0.39 is 0 Å². The molecule has 0 radical (unpaired) electrons. The van der Waals surface area contributed by atoms with Crippen LogP contribution in [0.5, 0.6) is 0 Å². The maximum absolute atomic E-state index is 12.3. The molecule has 1 amide bonds. The predicted octanol–water partition coefficient (Wildman–Crippen LogP) is 3.71. The first-order chi connectivity index (χ1) is 10.5. The molecule has 0 spiro atoms. The van der Waals surface area contributed by atoms with Gasteiger partial charge in [-0.25, -0.2) is 4.98 Å². The number of carbonyl (C=O) groups is 1. The largest absolute Gasteiger partial charge is 0.365 e. The number of nitrogens with zero attached hydrogens (tertiary/aromatic N) is 2. The zero-order valence-electron chi connectivity index (χ0n) is 13.4. The Balaban J connectivity index is 1.96. The molecule has 0 fully saturated rings. The van der Waals surface area contributed by atoms with Crippen LogP contribution in [0.1, 0.15) is 24.3 Å². The molecule has 22 heavy (non-hydrogen) atoms. The van der Waals surface area contributed by atoms with Crippen LogP contribution < -0.4 is 10.2 Å². The second-order valence-electron chi connectivity index (χ2n) is 5.91. The number of anilines is 2. The number of carbonyl (C=O) groups excluding carboxylic acids is 1. The van der Waals surface area contributed by atoms with E-state index in [-0.39, 0.29) is 11.8 Å². The van der Waals surface area contributed by atoms with Gasteiger partial charge in [0.05, 0.1) is 5.69 Å². The molecular formula is C17H21N3OS. The van der Waals surface area contributed by atoms with Gasteiger partial charge in [0.1, 0.15) is 0 Å². The lowest BCUT2D eigenvalue weighted by molar-refractivity contribution is -0.121. The molecule has 4 nitrogen and oxygen atoms in total. The molecule has 0 saturated carbocycles. The van der Waals surface area contributed by atoms with E-state index in [9.17, 15) is 4.79 Å². The Morgan fingerprint density at radius 3 is 2.82 bits per heavy atom. The van der Waals surface area contributed by atoms with Gasteiger partial charge in [-0.05, 0) is 31.0 Å². The van der Waals surface area contributed by atoms with Crippen LogP contribution in [0.2, 0.25) is 0 Å². The predicted molar refractivity (Wildman–Crippen MR) is 92.7 cm³/mol. The fourth-order valence-corrected chi connectivity index (χ4v) is 3.65. The maximum atomic E-state index is 12.3. The van der Waals surface area contributed by atoms with E-state index in [4.69, 9.17) is 0 Å². The van der Waals surface area contributed by atoms with E-state index in [1.165, 1.54) is 10.4 Å². The number of thiazole rings is 1. The molecular weight excluding hydrogens is 294 g/mol. The van der Waals surface area contributed by atoms with Crippen molar-refractivity contribution in [3.05, 3.63) is 28.6 Å². The fourth-order valence-electron chi connectivity index (χ4n) is 2.86. The first-order valence-corrected chi connectivity index (χ1v) is 8.42. The Morgan fingerprint density at radius 2 is 2.18 bits per heavy atom. The van der Waals surface area contributed by atoms with Crippen LogP contribution in [0.3, 0.4) is 0 Å². The number of fused-ring (bicyclic) bond motifs is 1. The average molecular weight is 315 g/mol. The molecule has 1 N–H and O–H groups in total. The minimum atomic E-state index is 0.0320. The summed E-state index contributed by atoms with van der Waals surface area (Å²) >= 11 is 1.67. The molecule has 0 bridgehead atoms. The fraction of sp³-hybridized carbons (Fsp3) is 0.412. The van der Waals surface area contributed by atoms with Gasteiger partial charge in [-0.15, -0.1) is 11.3 Å².